The largest absolute Gasteiger partial charge is 0.337 e. The maximum Gasteiger partial charge on any atom is 0.274 e. The second kappa shape index (κ2) is 6.14. The van der Waals surface area contributed by atoms with Gasteiger partial charge in [-0.05, 0) is 43.7 Å². The first kappa shape index (κ1) is 15.3. The number of H-pyrrole nitrogens is 1. The van der Waals surface area contributed by atoms with Crippen LogP contribution in [0.5, 0.6) is 0 Å². The highest BCUT2D eigenvalue weighted by atomic mass is 35.5. The van der Waals surface area contributed by atoms with E-state index in [2.05, 4.69) is 22.4 Å². The number of nitrogens with one attached hydrogen (secondary N) is 2. The van der Waals surface area contributed by atoms with E-state index in [0.29, 0.717) is 11.1 Å². The summed E-state index contributed by atoms with van der Waals surface area (Å²) in [4.78, 5) is 14.3. The molecule has 0 aromatic carbocycles. The maximum atomic E-state index is 12.4. The van der Waals surface area contributed by atoms with Gasteiger partial charge in [0.05, 0.1) is 0 Å². The number of hydrogen-bond donors (Lipinski definition) is 2. The van der Waals surface area contributed by atoms with E-state index in [4.69, 9.17) is 0 Å². The molecule has 0 saturated carbocycles. The molecule has 2 fully saturated rings. The van der Waals surface area contributed by atoms with E-state index >= 15 is 0 Å². The van der Waals surface area contributed by atoms with E-state index in [0.717, 1.165) is 51.1 Å². The van der Waals surface area contributed by atoms with Crippen molar-refractivity contribution >= 4 is 18.3 Å². The Morgan fingerprint density at radius 2 is 2.15 bits per heavy atom. The quantitative estimate of drug-likeness (QED) is 0.872. The average Bonchev–Trinajstić information content (AvgIpc) is 3.08. The summed E-state index contributed by atoms with van der Waals surface area (Å²) in [5.74, 6) is 0.0803. The van der Waals surface area contributed by atoms with Crippen LogP contribution in [-0.2, 0) is 6.42 Å². The van der Waals surface area contributed by atoms with Gasteiger partial charge in [0.25, 0.3) is 5.91 Å². The van der Waals surface area contributed by atoms with E-state index in [-0.39, 0.29) is 18.3 Å². The van der Waals surface area contributed by atoms with Crippen molar-refractivity contribution in [3.8, 4) is 0 Å². The Morgan fingerprint density at radius 3 is 2.70 bits per heavy atom. The van der Waals surface area contributed by atoms with Crippen LogP contribution in [0.4, 0.5) is 0 Å². The van der Waals surface area contributed by atoms with Crippen molar-refractivity contribution in [3.63, 3.8) is 0 Å². The lowest BCUT2D eigenvalue weighted by Gasteiger charge is -2.38. The molecule has 0 bridgehead atoms. The number of amides is 1. The lowest BCUT2D eigenvalue weighted by molar-refractivity contribution is 0.0602. The minimum Gasteiger partial charge on any atom is -0.337 e. The highest BCUT2D eigenvalue weighted by Crippen LogP contribution is 2.37. The first-order chi connectivity index (χ1) is 9.22. The third-order valence-corrected chi connectivity index (χ3v) is 4.67. The Hall–Kier alpha value is -1.07. The number of nitrogens with zero attached hydrogens (tertiary/aromatic N) is 2. The Kier molecular flexibility index (Phi) is 4.70. The number of aryl methyl sites for hydroxylation is 1. The summed E-state index contributed by atoms with van der Waals surface area (Å²) >= 11 is 0. The maximum absolute atomic E-state index is 12.4. The van der Waals surface area contributed by atoms with E-state index in [1.54, 1.807) is 0 Å². The van der Waals surface area contributed by atoms with Crippen LogP contribution in [0, 0.1) is 5.41 Å². The van der Waals surface area contributed by atoms with Gasteiger partial charge in [0.1, 0.15) is 5.69 Å². The number of likely N-dealkylation sites (tertiary alicyclic amines) is 1. The highest BCUT2D eigenvalue weighted by molar-refractivity contribution is 5.92. The lowest BCUT2D eigenvalue weighted by Crippen LogP contribution is -2.44. The van der Waals surface area contributed by atoms with Crippen LogP contribution in [0.15, 0.2) is 6.07 Å². The van der Waals surface area contributed by atoms with Crippen LogP contribution >= 0.6 is 12.4 Å². The molecule has 3 heterocycles. The summed E-state index contributed by atoms with van der Waals surface area (Å²) in [5, 5.41) is 10.5. The van der Waals surface area contributed by atoms with Crippen LogP contribution in [0.25, 0.3) is 0 Å². The summed E-state index contributed by atoms with van der Waals surface area (Å²) in [6.45, 7) is 6.05. The Morgan fingerprint density at radius 1 is 1.40 bits per heavy atom. The summed E-state index contributed by atoms with van der Waals surface area (Å²) in [6, 6.07) is 1.88. The SMILES string of the molecule is CCc1cc(C(=O)N2CCC3(CCNC3)CC2)n[nH]1.Cl. The number of aromatic nitrogens is 2. The number of carbonyl (C=O) groups is 1. The minimum atomic E-state index is 0. The molecule has 5 nitrogen and oxygen atoms in total. The van der Waals surface area contributed by atoms with Crippen molar-refractivity contribution in [2.24, 2.45) is 5.41 Å². The molecule has 3 rings (SSSR count). The Bertz CT molecular complexity index is 457. The molecule has 2 N–H and O–H groups in total. The van der Waals surface area contributed by atoms with Gasteiger partial charge in [0.15, 0.2) is 0 Å². The first-order valence-corrected chi connectivity index (χ1v) is 7.27. The number of carbonyl (C=O) groups excluding carboxylic acids is 1. The van der Waals surface area contributed by atoms with Crippen molar-refractivity contribution in [2.45, 2.75) is 32.6 Å². The third-order valence-electron chi connectivity index (χ3n) is 4.67. The van der Waals surface area contributed by atoms with E-state index < -0.39 is 0 Å². The fourth-order valence-electron chi connectivity index (χ4n) is 3.22. The normalized spacial score (nSPS) is 20.9. The minimum absolute atomic E-state index is 0. The smallest absolute Gasteiger partial charge is 0.274 e. The first-order valence-electron chi connectivity index (χ1n) is 7.27. The van der Waals surface area contributed by atoms with Crippen molar-refractivity contribution in [1.29, 1.82) is 0 Å². The van der Waals surface area contributed by atoms with Crippen LogP contribution in [0.2, 0.25) is 0 Å². The second-order valence-corrected chi connectivity index (χ2v) is 5.85. The predicted molar refractivity (Wildman–Crippen MR) is 80.3 cm³/mol. The molecule has 2 aliphatic heterocycles. The Labute approximate surface area is 125 Å². The van der Waals surface area contributed by atoms with Gasteiger partial charge in [0, 0.05) is 25.3 Å². The highest BCUT2D eigenvalue weighted by Gasteiger charge is 2.38. The monoisotopic (exact) mass is 298 g/mol. The van der Waals surface area contributed by atoms with Gasteiger partial charge in [-0.1, -0.05) is 6.92 Å². The van der Waals surface area contributed by atoms with E-state index in [1.807, 2.05) is 11.0 Å². The molecule has 0 aliphatic carbocycles. The molecule has 6 heteroatoms. The van der Waals surface area contributed by atoms with Crippen molar-refractivity contribution in [3.05, 3.63) is 17.5 Å². The second-order valence-electron chi connectivity index (χ2n) is 5.85. The number of hydrogen-bond acceptors (Lipinski definition) is 3. The molecule has 0 radical (unpaired) electrons. The molecule has 2 aliphatic rings. The average molecular weight is 299 g/mol. The zero-order chi connectivity index (χ0) is 13.3. The molecule has 0 atom stereocenters. The molecule has 1 aromatic rings. The van der Waals surface area contributed by atoms with Gasteiger partial charge < -0.3 is 10.2 Å². The number of rotatable bonds is 2. The van der Waals surface area contributed by atoms with Gasteiger partial charge in [-0.15, -0.1) is 12.4 Å². The van der Waals surface area contributed by atoms with Crippen LogP contribution in [-0.4, -0.2) is 47.2 Å². The van der Waals surface area contributed by atoms with Crippen molar-refractivity contribution in [1.82, 2.24) is 20.4 Å². The lowest BCUT2D eigenvalue weighted by atomic mass is 9.78. The molecule has 112 valence electrons. The fraction of sp³-hybridized carbons (Fsp3) is 0.714. The molecule has 20 heavy (non-hydrogen) atoms. The Balaban J connectivity index is 0.00000147. The predicted octanol–water partition coefficient (Wildman–Crippen LogP) is 1.61. The number of aromatic amines is 1. The van der Waals surface area contributed by atoms with Crippen LogP contribution < -0.4 is 5.32 Å². The van der Waals surface area contributed by atoms with Crippen LogP contribution in [0.1, 0.15) is 42.4 Å². The van der Waals surface area contributed by atoms with Crippen molar-refractivity contribution in [2.75, 3.05) is 26.2 Å². The summed E-state index contributed by atoms with van der Waals surface area (Å²) < 4.78 is 0. The molecule has 0 unspecified atom stereocenters. The molecular weight excluding hydrogens is 276 g/mol. The zero-order valence-electron chi connectivity index (χ0n) is 11.9. The topological polar surface area (TPSA) is 61.0 Å². The standard InChI is InChI=1S/C14H22N4O.ClH/c1-2-11-9-12(17-16-11)13(19)18-7-4-14(5-8-18)3-6-15-10-14;/h9,15H,2-8,10H2,1H3,(H,16,17);1H. The third kappa shape index (κ3) is 2.83. The van der Waals surface area contributed by atoms with Gasteiger partial charge in [0.2, 0.25) is 0 Å². The summed E-state index contributed by atoms with van der Waals surface area (Å²) in [7, 11) is 0. The van der Waals surface area contributed by atoms with E-state index in [1.165, 1.54) is 6.42 Å². The van der Waals surface area contributed by atoms with Crippen LogP contribution in [0.3, 0.4) is 0 Å². The van der Waals surface area contributed by atoms with Crippen molar-refractivity contribution < 1.29 is 4.79 Å². The summed E-state index contributed by atoms with van der Waals surface area (Å²) in [5.41, 5.74) is 2.05. The fourth-order valence-corrected chi connectivity index (χ4v) is 3.22. The molecule has 1 amide bonds. The number of piperidine rings is 1. The van der Waals surface area contributed by atoms with Gasteiger partial charge >= 0.3 is 0 Å². The van der Waals surface area contributed by atoms with Gasteiger partial charge in [-0.3, -0.25) is 9.89 Å². The molecule has 1 spiro atoms. The van der Waals surface area contributed by atoms with E-state index in [9.17, 15) is 4.79 Å². The number of halogens is 1. The van der Waals surface area contributed by atoms with Gasteiger partial charge in [-0.2, -0.15) is 5.10 Å². The molecule has 1 aromatic heterocycles. The van der Waals surface area contributed by atoms with Gasteiger partial charge in [-0.25, -0.2) is 0 Å². The summed E-state index contributed by atoms with van der Waals surface area (Å²) in [6.07, 6.45) is 4.39. The molecule has 2 saturated heterocycles. The molecular formula is C14H23ClN4O. The zero-order valence-corrected chi connectivity index (χ0v) is 12.8.